The van der Waals surface area contributed by atoms with Crippen LogP contribution >= 0.6 is 0 Å². The van der Waals surface area contributed by atoms with Gasteiger partial charge in [-0.05, 0) is 40.8 Å². The van der Waals surface area contributed by atoms with Gasteiger partial charge in [-0.2, -0.15) is 0 Å². The van der Waals surface area contributed by atoms with E-state index in [2.05, 4.69) is 15.3 Å². The summed E-state index contributed by atoms with van der Waals surface area (Å²) in [6.07, 6.45) is 5.20. The van der Waals surface area contributed by atoms with Gasteiger partial charge in [0.1, 0.15) is 5.25 Å². The second-order valence-electron chi connectivity index (χ2n) is 7.60. The first-order chi connectivity index (χ1) is 16.0. The van der Waals surface area contributed by atoms with Gasteiger partial charge >= 0.3 is 0 Å². The lowest BCUT2D eigenvalue weighted by molar-refractivity contribution is 0.591. The number of rotatable bonds is 6. The number of hydrogen-bond acceptors (Lipinski definition) is 6. The van der Waals surface area contributed by atoms with Crippen molar-refractivity contribution in [3.05, 3.63) is 109 Å². The summed E-state index contributed by atoms with van der Waals surface area (Å²) in [7, 11) is -3.88. The van der Waals surface area contributed by atoms with Crippen LogP contribution in [0.3, 0.4) is 0 Å². The Hall–Kier alpha value is -4.01. The maximum absolute atomic E-state index is 12.4. The van der Waals surface area contributed by atoms with Crippen LogP contribution in [0.4, 0.5) is 11.7 Å². The molecule has 2 heterocycles. The quantitative estimate of drug-likeness (QED) is 0.371. The number of fused-ring (bicyclic) bond motifs is 1. The molecule has 3 N–H and O–H groups in total. The predicted octanol–water partition coefficient (Wildman–Crippen LogP) is 5.01. The molecule has 0 fully saturated rings. The highest BCUT2D eigenvalue weighted by molar-refractivity contribution is 7.89. The fourth-order valence-corrected chi connectivity index (χ4v) is 4.87. The standard InChI is InChI=1S/C25H20N4O3S/c26-33(30,31)24(17-5-2-1-3-6-17)20-7-4-8-22(14-20)29-25-28-16-23(32-25)19-9-10-21-15-27-12-11-18(21)13-19/h1-16,24H,(H,28,29)(H2,26,30,31). The molecule has 0 aliphatic carbocycles. The van der Waals surface area contributed by atoms with Crippen LogP contribution in [0.5, 0.6) is 0 Å². The summed E-state index contributed by atoms with van der Waals surface area (Å²) in [4.78, 5) is 8.45. The number of hydrogen-bond donors (Lipinski definition) is 2. The third-order valence-electron chi connectivity index (χ3n) is 5.30. The number of benzene rings is 3. The molecule has 0 radical (unpaired) electrons. The Kier molecular flexibility index (Phi) is 5.37. The molecule has 0 bridgehead atoms. The van der Waals surface area contributed by atoms with E-state index in [9.17, 15) is 8.42 Å². The van der Waals surface area contributed by atoms with Gasteiger partial charge in [-0.3, -0.25) is 4.98 Å². The molecule has 1 unspecified atom stereocenters. The highest BCUT2D eigenvalue weighted by Gasteiger charge is 2.25. The highest BCUT2D eigenvalue weighted by atomic mass is 32.2. The summed E-state index contributed by atoms with van der Waals surface area (Å²) < 4.78 is 30.6. The fourth-order valence-electron chi connectivity index (χ4n) is 3.80. The monoisotopic (exact) mass is 456 g/mol. The Morgan fingerprint density at radius 2 is 1.67 bits per heavy atom. The molecule has 0 amide bonds. The summed E-state index contributed by atoms with van der Waals surface area (Å²) in [5.74, 6) is 0.610. The van der Waals surface area contributed by atoms with E-state index in [4.69, 9.17) is 9.56 Å². The Labute approximate surface area is 191 Å². The largest absolute Gasteiger partial charge is 0.423 e. The zero-order valence-corrected chi connectivity index (χ0v) is 18.2. The first-order valence-electron chi connectivity index (χ1n) is 10.2. The molecular weight excluding hydrogens is 436 g/mol. The molecule has 1 atom stereocenters. The highest BCUT2D eigenvalue weighted by Crippen LogP contribution is 2.32. The smallest absolute Gasteiger partial charge is 0.299 e. The first kappa shape index (κ1) is 20.9. The second kappa shape index (κ2) is 8.50. The van der Waals surface area contributed by atoms with E-state index in [1.165, 1.54) is 0 Å². The molecule has 0 aliphatic rings. The van der Waals surface area contributed by atoms with Crippen molar-refractivity contribution in [2.75, 3.05) is 5.32 Å². The molecule has 8 heteroatoms. The van der Waals surface area contributed by atoms with E-state index in [-0.39, 0.29) is 0 Å². The van der Waals surface area contributed by atoms with Crippen LogP contribution in [-0.4, -0.2) is 18.4 Å². The number of nitrogens with one attached hydrogen (secondary N) is 1. The lowest BCUT2D eigenvalue weighted by Crippen LogP contribution is -2.22. The lowest BCUT2D eigenvalue weighted by atomic mass is 10.0. The summed E-state index contributed by atoms with van der Waals surface area (Å²) in [5, 5.41) is 9.79. The number of sulfonamides is 1. The van der Waals surface area contributed by atoms with Crippen LogP contribution in [0.25, 0.3) is 22.1 Å². The maximum atomic E-state index is 12.4. The van der Waals surface area contributed by atoms with Gasteiger partial charge in [0.05, 0.1) is 6.20 Å². The normalized spacial score (nSPS) is 12.5. The van der Waals surface area contributed by atoms with Crippen molar-refractivity contribution in [1.29, 1.82) is 0 Å². The number of nitrogens with zero attached hydrogens (tertiary/aromatic N) is 2. The zero-order valence-electron chi connectivity index (χ0n) is 17.4. The van der Waals surface area contributed by atoms with E-state index in [1.807, 2.05) is 42.6 Å². The minimum atomic E-state index is -3.88. The average Bonchev–Trinajstić information content (AvgIpc) is 3.27. The molecule has 5 rings (SSSR count). The average molecular weight is 457 g/mol. The molecule has 2 aromatic heterocycles. The Morgan fingerprint density at radius 1 is 0.848 bits per heavy atom. The summed E-state index contributed by atoms with van der Waals surface area (Å²) in [6.45, 7) is 0. The number of anilines is 2. The molecule has 7 nitrogen and oxygen atoms in total. The van der Waals surface area contributed by atoms with Gasteiger partial charge in [-0.15, -0.1) is 0 Å². The minimum Gasteiger partial charge on any atom is -0.423 e. The molecule has 33 heavy (non-hydrogen) atoms. The van der Waals surface area contributed by atoms with Crippen LogP contribution < -0.4 is 10.5 Å². The van der Waals surface area contributed by atoms with Gasteiger partial charge in [0.15, 0.2) is 5.76 Å². The number of nitrogens with two attached hydrogens (primary N) is 1. The van der Waals surface area contributed by atoms with Gasteiger partial charge < -0.3 is 9.73 Å². The summed E-state index contributed by atoms with van der Waals surface area (Å²) in [6, 6.07) is 24.1. The van der Waals surface area contributed by atoms with Crippen molar-refractivity contribution in [3.8, 4) is 11.3 Å². The molecule has 164 valence electrons. The SMILES string of the molecule is NS(=O)(=O)C(c1ccccc1)c1cccc(Nc2ncc(-c3ccc4cnccc4c3)o2)c1. The number of pyridine rings is 1. The second-order valence-corrected chi connectivity index (χ2v) is 9.25. The summed E-state index contributed by atoms with van der Waals surface area (Å²) >= 11 is 0. The topological polar surface area (TPSA) is 111 Å². The van der Waals surface area contributed by atoms with E-state index in [0.717, 1.165) is 16.3 Å². The molecule has 0 saturated carbocycles. The Morgan fingerprint density at radius 3 is 2.48 bits per heavy atom. The van der Waals surface area contributed by atoms with Gasteiger partial charge in [-0.1, -0.05) is 54.6 Å². The van der Waals surface area contributed by atoms with Gasteiger partial charge in [-0.25, -0.2) is 18.5 Å². The number of aromatic nitrogens is 2. The molecule has 0 spiro atoms. The number of oxazole rings is 1. The van der Waals surface area contributed by atoms with Crippen molar-refractivity contribution >= 4 is 32.5 Å². The van der Waals surface area contributed by atoms with Crippen molar-refractivity contribution in [3.63, 3.8) is 0 Å². The van der Waals surface area contributed by atoms with Crippen molar-refractivity contribution < 1.29 is 12.8 Å². The van der Waals surface area contributed by atoms with Crippen molar-refractivity contribution in [2.45, 2.75) is 5.25 Å². The summed E-state index contributed by atoms with van der Waals surface area (Å²) in [5.41, 5.74) is 2.67. The van der Waals surface area contributed by atoms with E-state index >= 15 is 0 Å². The van der Waals surface area contributed by atoms with E-state index in [0.29, 0.717) is 28.6 Å². The lowest BCUT2D eigenvalue weighted by Gasteiger charge is -2.16. The maximum Gasteiger partial charge on any atom is 0.299 e. The zero-order chi connectivity index (χ0) is 22.8. The third-order valence-corrected chi connectivity index (χ3v) is 6.50. The van der Waals surface area contributed by atoms with Crippen LogP contribution in [0.15, 0.2) is 102 Å². The predicted molar refractivity (Wildman–Crippen MR) is 128 cm³/mol. The molecule has 0 saturated heterocycles. The van der Waals surface area contributed by atoms with Crippen LogP contribution in [0, 0.1) is 0 Å². The molecule has 5 aromatic rings. The molecular formula is C25H20N4O3S. The van der Waals surface area contributed by atoms with E-state index in [1.54, 1.807) is 54.9 Å². The van der Waals surface area contributed by atoms with Crippen LogP contribution in [0.2, 0.25) is 0 Å². The molecule has 3 aromatic carbocycles. The number of primary sulfonamides is 1. The minimum absolute atomic E-state index is 0.295. The van der Waals surface area contributed by atoms with Crippen LogP contribution in [-0.2, 0) is 10.0 Å². The van der Waals surface area contributed by atoms with Gasteiger partial charge in [0.25, 0.3) is 6.01 Å². The van der Waals surface area contributed by atoms with E-state index < -0.39 is 15.3 Å². The Bertz CT molecular complexity index is 1530. The third kappa shape index (κ3) is 4.48. The van der Waals surface area contributed by atoms with Crippen molar-refractivity contribution in [1.82, 2.24) is 9.97 Å². The molecule has 0 aliphatic heterocycles. The Balaban J connectivity index is 1.43. The first-order valence-corrected chi connectivity index (χ1v) is 11.8. The fraction of sp³-hybridized carbons (Fsp3) is 0.0400. The van der Waals surface area contributed by atoms with Crippen LogP contribution in [0.1, 0.15) is 16.4 Å². The van der Waals surface area contributed by atoms with Gasteiger partial charge in [0, 0.05) is 29.0 Å². The van der Waals surface area contributed by atoms with Crippen molar-refractivity contribution in [2.24, 2.45) is 5.14 Å². The van der Waals surface area contributed by atoms with Gasteiger partial charge in [0.2, 0.25) is 10.0 Å².